The van der Waals surface area contributed by atoms with Crippen LogP contribution in [0.15, 0.2) is 65.9 Å². The Morgan fingerprint density at radius 1 is 0.958 bits per heavy atom. The molecule has 0 saturated carbocycles. The van der Waals surface area contributed by atoms with E-state index in [9.17, 15) is 0 Å². The lowest BCUT2D eigenvalue weighted by Crippen LogP contribution is -2.11. The highest BCUT2D eigenvalue weighted by Crippen LogP contribution is 2.30. The molecule has 0 radical (unpaired) electrons. The van der Waals surface area contributed by atoms with Gasteiger partial charge in [-0.1, -0.05) is 96.3 Å². The molecule has 1 aliphatic carbocycles. The maximum atomic E-state index is 4.46. The molecule has 0 saturated heterocycles. The summed E-state index contributed by atoms with van der Waals surface area (Å²) >= 11 is 0. The van der Waals surface area contributed by atoms with Gasteiger partial charge in [-0.15, -0.1) is 0 Å². The van der Waals surface area contributed by atoms with E-state index < -0.39 is 0 Å². The molecule has 24 heavy (non-hydrogen) atoms. The van der Waals surface area contributed by atoms with Crippen LogP contribution in [0.5, 0.6) is 0 Å². The van der Waals surface area contributed by atoms with Crippen molar-refractivity contribution in [3.05, 3.63) is 60.9 Å². The van der Waals surface area contributed by atoms with E-state index in [1.54, 1.807) is 6.20 Å². The summed E-state index contributed by atoms with van der Waals surface area (Å²) in [5.41, 5.74) is 3.60. The average Bonchev–Trinajstić information content (AvgIpc) is 2.60. The number of unbranched alkanes of at least 4 members (excludes halogenated alkanes) is 5. The van der Waals surface area contributed by atoms with E-state index in [4.69, 9.17) is 0 Å². The Bertz CT molecular complexity index is 502. The van der Waals surface area contributed by atoms with Crippen molar-refractivity contribution >= 4 is 5.71 Å². The van der Waals surface area contributed by atoms with Gasteiger partial charge in [0.15, 0.2) is 0 Å². The van der Waals surface area contributed by atoms with Crippen LogP contribution in [0.1, 0.15) is 71.6 Å². The first-order valence-corrected chi connectivity index (χ1v) is 9.68. The Labute approximate surface area is 149 Å². The zero-order valence-corrected chi connectivity index (χ0v) is 15.8. The van der Waals surface area contributed by atoms with Gasteiger partial charge >= 0.3 is 0 Å². The minimum atomic E-state index is 0.590. The first-order chi connectivity index (χ1) is 11.8. The molecule has 1 unspecified atom stereocenters. The molecule has 0 amide bonds. The van der Waals surface area contributed by atoms with E-state index in [2.05, 4.69) is 56.3 Å². The zero-order valence-electron chi connectivity index (χ0n) is 15.8. The molecule has 0 fully saturated rings. The smallest absolute Gasteiger partial charge is 0.0704 e. The number of nitrogens with zero attached hydrogens (tertiary/aromatic N) is 1. The van der Waals surface area contributed by atoms with Gasteiger partial charge in [-0.05, 0) is 30.4 Å². The molecule has 1 heteroatoms. The first kappa shape index (κ1) is 20.4. The summed E-state index contributed by atoms with van der Waals surface area (Å²) in [5, 5.41) is 0. The molecular formula is C23H35N. The summed E-state index contributed by atoms with van der Waals surface area (Å²) in [6.45, 7) is 12.4. The minimum absolute atomic E-state index is 0.590. The van der Waals surface area contributed by atoms with Crippen LogP contribution in [0.3, 0.4) is 0 Å². The van der Waals surface area contributed by atoms with E-state index in [0.717, 1.165) is 5.71 Å². The molecule has 1 nitrogen and oxygen atoms in total. The van der Waals surface area contributed by atoms with Crippen LogP contribution in [-0.2, 0) is 0 Å². The SMILES string of the molecule is C=C/N=C1/C=CC=C/C1=C(/C=C)C(CCCCC)CCCCCC. The van der Waals surface area contributed by atoms with E-state index in [1.807, 2.05) is 6.08 Å². The van der Waals surface area contributed by atoms with Crippen molar-refractivity contribution in [3.8, 4) is 0 Å². The van der Waals surface area contributed by atoms with Gasteiger partial charge in [-0.3, -0.25) is 4.99 Å². The number of hydrogen-bond acceptors (Lipinski definition) is 1. The Morgan fingerprint density at radius 2 is 1.58 bits per heavy atom. The standard InChI is InChI=1S/C23H35N/c1-5-9-11-13-17-20(16-12-10-6-2)21(7-3)22-18-14-15-19-23(22)24-8-4/h7-8,14-15,18-20H,3-6,9-13,16-17H2,1-2H3/b22-21+,24-23-. The van der Waals surface area contributed by atoms with Gasteiger partial charge < -0.3 is 0 Å². The lowest BCUT2D eigenvalue weighted by molar-refractivity contribution is 0.464. The van der Waals surface area contributed by atoms with Gasteiger partial charge in [0.25, 0.3) is 0 Å². The largest absolute Gasteiger partial charge is 0.257 e. The van der Waals surface area contributed by atoms with Crippen LogP contribution in [0.2, 0.25) is 0 Å². The highest BCUT2D eigenvalue weighted by molar-refractivity contribution is 6.12. The minimum Gasteiger partial charge on any atom is -0.257 e. The third-order valence-corrected chi connectivity index (χ3v) is 4.67. The van der Waals surface area contributed by atoms with Crippen LogP contribution < -0.4 is 0 Å². The third kappa shape index (κ3) is 6.86. The highest BCUT2D eigenvalue weighted by Gasteiger charge is 2.17. The monoisotopic (exact) mass is 325 g/mol. The van der Waals surface area contributed by atoms with E-state index in [0.29, 0.717) is 5.92 Å². The van der Waals surface area contributed by atoms with Crippen molar-refractivity contribution in [2.45, 2.75) is 71.6 Å². The van der Waals surface area contributed by atoms with Crippen molar-refractivity contribution in [2.24, 2.45) is 10.9 Å². The molecule has 0 bridgehead atoms. The Balaban J connectivity index is 2.99. The molecule has 0 heterocycles. The molecule has 132 valence electrons. The molecule has 0 aromatic heterocycles. The molecule has 0 spiro atoms. The first-order valence-electron chi connectivity index (χ1n) is 9.68. The average molecular weight is 326 g/mol. The van der Waals surface area contributed by atoms with Gasteiger partial charge in [0.2, 0.25) is 0 Å². The van der Waals surface area contributed by atoms with Crippen LogP contribution in [-0.4, -0.2) is 5.71 Å². The van der Waals surface area contributed by atoms with Crippen molar-refractivity contribution < 1.29 is 0 Å². The highest BCUT2D eigenvalue weighted by atomic mass is 14.7. The molecule has 1 aliphatic rings. The summed E-state index contributed by atoms with van der Waals surface area (Å²) in [5.74, 6) is 0.590. The van der Waals surface area contributed by atoms with Gasteiger partial charge in [0.05, 0.1) is 5.71 Å². The second kappa shape index (κ2) is 12.8. The van der Waals surface area contributed by atoms with Gasteiger partial charge in [0.1, 0.15) is 0 Å². The summed E-state index contributed by atoms with van der Waals surface area (Å²) in [6.07, 6.45) is 23.8. The number of hydrogen-bond donors (Lipinski definition) is 0. The Hall–Kier alpha value is -1.63. The third-order valence-electron chi connectivity index (χ3n) is 4.67. The predicted octanol–water partition coefficient (Wildman–Crippen LogP) is 7.35. The van der Waals surface area contributed by atoms with E-state index in [-0.39, 0.29) is 0 Å². The fraction of sp³-hybridized carbons (Fsp3) is 0.522. The fourth-order valence-corrected chi connectivity index (χ4v) is 3.34. The summed E-state index contributed by atoms with van der Waals surface area (Å²) in [7, 11) is 0. The van der Waals surface area contributed by atoms with Crippen molar-refractivity contribution in [2.75, 3.05) is 0 Å². The zero-order chi connectivity index (χ0) is 17.6. The van der Waals surface area contributed by atoms with Gasteiger partial charge in [0, 0.05) is 11.8 Å². The molecule has 0 aromatic rings. The van der Waals surface area contributed by atoms with E-state index >= 15 is 0 Å². The Kier molecular flexibility index (Phi) is 10.8. The molecule has 0 aromatic carbocycles. The van der Waals surface area contributed by atoms with Crippen LogP contribution in [0, 0.1) is 5.92 Å². The lowest BCUT2D eigenvalue weighted by Gasteiger charge is -2.22. The second-order valence-corrected chi connectivity index (χ2v) is 6.53. The quantitative estimate of drug-likeness (QED) is 0.333. The molecule has 1 rings (SSSR count). The normalized spacial score (nSPS) is 18.7. The maximum absolute atomic E-state index is 4.46. The van der Waals surface area contributed by atoms with Crippen molar-refractivity contribution in [3.63, 3.8) is 0 Å². The van der Waals surface area contributed by atoms with Gasteiger partial charge in [-0.2, -0.15) is 0 Å². The summed E-state index contributed by atoms with van der Waals surface area (Å²) < 4.78 is 0. The van der Waals surface area contributed by atoms with Crippen molar-refractivity contribution in [1.29, 1.82) is 0 Å². The van der Waals surface area contributed by atoms with Crippen LogP contribution >= 0.6 is 0 Å². The number of rotatable bonds is 12. The fourth-order valence-electron chi connectivity index (χ4n) is 3.34. The Morgan fingerprint density at radius 3 is 2.21 bits per heavy atom. The molecule has 1 atom stereocenters. The number of aliphatic imine (C=N–C) groups is 1. The van der Waals surface area contributed by atoms with Crippen LogP contribution in [0.25, 0.3) is 0 Å². The topological polar surface area (TPSA) is 12.4 Å². The molecule has 0 aliphatic heterocycles. The second-order valence-electron chi connectivity index (χ2n) is 6.53. The maximum Gasteiger partial charge on any atom is 0.0704 e. The number of allylic oxidation sites excluding steroid dienone is 7. The van der Waals surface area contributed by atoms with Crippen molar-refractivity contribution in [1.82, 2.24) is 0 Å². The van der Waals surface area contributed by atoms with Gasteiger partial charge in [-0.25, -0.2) is 0 Å². The summed E-state index contributed by atoms with van der Waals surface area (Å²) in [4.78, 5) is 4.46. The lowest BCUT2D eigenvalue weighted by atomic mass is 9.83. The van der Waals surface area contributed by atoms with E-state index in [1.165, 1.54) is 68.9 Å². The predicted molar refractivity (Wildman–Crippen MR) is 110 cm³/mol. The van der Waals surface area contributed by atoms with Crippen LogP contribution in [0.4, 0.5) is 0 Å². The summed E-state index contributed by atoms with van der Waals surface area (Å²) in [6, 6.07) is 0. The molecule has 0 N–H and O–H groups in total. The molecular weight excluding hydrogens is 290 g/mol.